The summed E-state index contributed by atoms with van der Waals surface area (Å²) >= 11 is 0. The minimum atomic E-state index is -2.06. The summed E-state index contributed by atoms with van der Waals surface area (Å²) in [6, 6.07) is 36.2. The molecule has 4 heterocycles. The van der Waals surface area contributed by atoms with Gasteiger partial charge >= 0.3 is 0 Å². The maximum absolute atomic E-state index is 7.64. The fourth-order valence-corrected chi connectivity index (χ4v) is 15.4. The van der Waals surface area contributed by atoms with Crippen LogP contribution in [-0.2, 0) is 66.1 Å². The molecule has 4 aliphatic carbocycles. The summed E-state index contributed by atoms with van der Waals surface area (Å²) in [6.45, 7) is 41.9. The first-order valence-electron chi connectivity index (χ1n) is 36.7. The Morgan fingerprint density at radius 2 is 0.678 bits per heavy atom. The maximum Gasteiger partial charge on any atom is 0.212 e. The van der Waals surface area contributed by atoms with E-state index in [0.29, 0.717) is 22.5 Å². The predicted octanol–water partition coefficient (Wildman–Crippen LogP) is 20.1. The van der Waals surface area contributed by atoms with E-state index < -0.39 is 13.7 Å². The van der Waals surface area contributed by atoms with Gasteiger partial charge in [0.1, 0.15) is 28.2 Å². The van der Waals surface area contributed by atoms with Gasteiger partial charge in [-0.3, -0.25) is 0 Å². The van der Waals surface area contributed by atoms with Crippen molar-refractivity contribution in [2.24, 2.45) is 28.2 Å². The number of benzene rings is 4. The van der Waals surface area contributed by atoms with Crippen LogP contribution in [0.3, 0.4) is 0 Å². The van der Waals surface area contributed by atoms with Crippen LogP contribution in [0, 0.1) is 48.3 Å². The highest BCUT2D eigenvalue weighted by Gasteiger charge is 2.43. The van der Waals surface area contributed by atoms with Crippen molar-refractivity contribution in [3.63, 3.8) is 0 Å². The first-order chi connectivity index (χ1) is 44.2. The lowest BCUT2D eigenvalue weighted by atomic mass is 9.62. The molecule has 0 bridgehead atoms. The molecule has 4 aliphatic rings. The third-order valence-corrected chi connectivity index (χ3v) is 22.2. The molecule has 12 rings (SSSR count). The molecule has 4 aromatic heterocycles. The normalized spacial score (nSPS) is 20.2. The average Bonchev–Trinajstić information content (AvgIpc) is 0.760. The van der Waals surface area contributed by atoms with Gasteiger partial charge in [-0.25, -0.2) is 18.3 Å². The Hall–Kier alpha value is -6.52. The molecule has 90 heavy (non-hydrogen) atoms. The van der Waals surface area contributed by atoms with Crippen LogP contribution in [0.15, 0.2) is 128 Å². The Bertz CT molecular complexity index is 4120. The van der Waals surface area contributed by atoms with Gasteiger partial charge < -0.3 is 0 Å². The Kier molecular flexibility index (Phi) is 16.5. The van der Waals surface area contributed by atoms with Crippen LogP contribution in [0.5, 0.6) is 0 Å². The summed E-state index contributed by atoms with van der Waals surface area (Å²) in [6.07, 6.45) is 18.9. The van der Waals surface area contributed by atoms with E-state index in [0.717, 1.165) is 33.6 Å². The molecule has 0 aliphatic heterocycles. The van der Waals surface area contributed by atoms with Crippen LogP contribution < -0.4 is 18.3 Å². The monoisotopic (exact) mass is 1210 g/mol. The van der Waals surface area contributed by atoms with Crippen molar-refractivity contribution in [1.82, 2.24) is 0 Å². The largest absolute Gasteiger partial charge is 0.212 e. The topological polar surface area (TPSA) is 15.5 Å². The van der Waals surface area contributed by atoms with Crippen molar-refractivity contribution in [1.29, 1.82) is 0 Å². The Morgan fingerprint density at radius 1 is 0.333 bits per heavy atom. The Labute approximate surface area is 555 Å². The number of pyridine rings is 4. The van der Waals surface area contributed by atoms with Crippen molar-refractivity contribution in [3.8, 4) is 45.0 Å². The van der Waals surface area contributed by atoms with Crippen molar-refractivity contribution < 1.29 is 26.5 Å². The smallest absolute Gasteiger partial charge is 0.201 e. The summed E-state index contributed by atoms with van der Waals surface area (Å²) in [5.41, 5.74) is 30.1. The molecular weight excluding hydrogens is 1090 g/mol. The molecule has 1 unspecified atom stereocenters. The van der Waals surface area contributed by atoms with Gasteiger partial charge in [-0.2, -0.15) is 0 Å². The van der Waals surface area contributed by atoms with Crippen molar-refractivity contribution in [2.45, 2.75) is 247 Å². The van der Waals surface area contributed by atoms with E-state index in [9.17, 15) is 0 Å². The molecule has 4 nitrogen and oxygen atoms in total. The molecule has 0 N–H and O–H groups in total. The summed E-state index contributed by atoms with van der Waals surface area (Å²) in [4.78, 5) is 0. The van der Waals surface area contributed by atoms with Gasteiger partial charge in [0.05, 0.1) is 0 Å². The minimum Gasteiger partial charge on any atom is -0.201 e. The number of hydrogen-bond acceptors (Lipinski definition) is 0. The van der Waals surface area contributed by atoms with Gasteiger partial charge in [-0.15, -0.1) is 0 Å². The number of aromatic nitrogens is 4. The molecule has 1 atom stereocenters. The van der Waals surface area contributed by atoms with Crippen LogP contribution in [0.4, 0.5) is 0 Å². The van der Waals surface area contributed by atoms with Gasteiger partial charge in [-0.1, -0.05) is 163 Å². The summed E-state index contributed by atoms with van der Waals surface area (Å²) in [5.74, 6) is 0.661. The van der Waals surface area contributed by atoms with Crippen LogP contribution in [0.25, 0.3) is 45.0 Å². The van der Waals surface area contributed by atoms with Crippen LogP contribution >= 0.6 is 0 Å². The van der Waals surface area contributed by atoms with E-state index >= 15 is 0 Å². The molecule has 0 amide bonds. The van der Waals surface area contributed by atoms with Gasteiger partial charge in [0, 0.05) is 77.5 Å². The van der Waals surface area contributed by atoms with E-state index in [-0.39, 0.29) is 32.5 Å². The zero-order valence-corrected chi connectivity index (χ0v) is 60.1. The SMILES string of the molecule is Cc1cc2c(cc1-c1cccc[n+]1C)C(C)(C)CCC2(C)C.Cc1ccc(-c2cc3c(c[n+]2C)C(C)(C)CCC3C)c(C)c1.[2H]C([2H])([2H])c1ccc(-c2cc3c(c[n+]2C)C(C)(C)CCC3(C)C)c(C)c1.[2H]C([2H])([2H])c1ccc(-c2cc3c(c[n+]2C)C(C)(C)CCC3(C)C)c(C)c1. The van der Waals surface area contributed by atoms with E-state index in [1.54, 1.807) is 35.4 Å². The predicted molar refractivity (Wildman–Crippen MR) is 382 cm³/mol. The van der Waals surface area contributed by atoms with Gasteiger partial charge in [0.15, 0.2) is 24.8 Å². The lowest BCUT2D eigenvalue weighted by Gasteiger charge is -2.42. The third-order valence-electron chi connectivity index (χ3n) is 22.2. The maximum atomic E-state index is 7.64. The van der Waals surface area contributed by atoms with E-state index in [1.165, 1.54) is 124 Å². The average molecular weight is 1210 g/mol. The minimum absolute atomic E-state index is 0.153. The second-order valence-electron chi connectivity index (χ2n) is 32.7. The van der Waals surface area contributed by atoms with Crippen LogP contribution in [0.1, 0.15) is 253 Å². The molecule has 0 saturated carbocycles. The summed E-state index contributed by atoms with van der Waals surface area (Å²) in [7, 11) is 8.49. The number of rotatable bonds is 4. The Morgan fingerprint density at radius 3 is 1.09 bits per heavy atom. The lowest BCUT2D eigenvalue weighted by molar-refractivity contribution is -0.661. The fraction of sp³-hybridized carbons (Fsp3) is 0.488. The number of aryl methyl sites for hydroxylation is 11. The molecule has 4 heteroatoms. The molecule has 4 aromatic carbocycles. The van der Waals surface area contributed by atoms with E-state index in [2.05, 4.69) is 263 Å². The first-order valence-corrected chi connectivity index (χ1v) is 33.7. The zero-order valence-electron chi connectivity index (χ0n) is 66.1. The summed E-state index contributed by atoms with van der Waals surface area (Å²) in [5, 5.41) is 0. The zero-order chi connectivity index (χ0) is 71.2. The molecule has 0 fully saturated rings. The molecule has 8 aromatic rings. The highest BCUT2D eigenvalue weighted by Crippen LogP contribution is 2.50. The number of fused-ring (bicyclic) bond motifs is 4. The lowest BCUT2D eigenvalue weighted by Crippen LogP contribution is -2.40. The highest BCUT2D eigenvalue weighted by atomic mass is 14.9. The number of nitrogens with zero attached hydrogens (tertiary/aromatic N) is 4. The number of hydrogen-bond donors (Lipinski definition) is 0. The molecular formula is C86H116N4+4. The molecule has 0 spiro atoms. The van der Waals surface area contributed by atoms with Gasteiger partial charge in [-0.05, 0) is 224 Å². The standard InChI is InChI=1S/2C22H30N.2C21H28N/c2*1-15-8-9-17(16(2)12-15)20-13-18-19(14-23(20)7)22(5,6)11-10-21(18,3)4;1-14-7-8-17(16(3)11-14)20-12-18-15(2)9-10-21(4,5)19(18)13-22(20)6;1-15-13-17-18(21(4,5)11-10-20(17,2)3)14-16(15)19-9-7-8-12-22(19)6/h2*8-9,12-14H,10-11H2,1-7H3;7-8,11-13,15H,9-10H2,1-6H3;7-9,12-14H,10-11H2,1-6H3/q4*+1/i2*1D3;;. The second-order valence-corrected chi connectivity index (χ2v) is 32.7. The van der Waals surface area contributed by atoms with E-state index in [1.807, 2.05) is 26.0 Å². The van der Waals surface area contributed by atoms with Crippen molar-refractivity contribution in [2.75, 3.05) is 0 Å². The van der Waals surface area contributed by atoms with Crippen LogP contribution in [0.2, 0.25) is 0 Å². The third kappa shape index (κ3) is 13.7. The first kappa shape index (κ1) is 59.8. The van der Waals surface area contributed by atoms with Crippen molar-refractivity contribution >= 4 is 0 Å². The molecule has 0 radical (unpaired) electrons. The molecule has 476 valence electrons. The van der Waals surface area contributed by atoms with Crippen molar-refractivity contribution in [3.05, 3.63) is 211 Å². The van der Waals surface area contributed by atoms with E-state index in [4.69, 9.17) is 8.22 Å². The quantitative estimate of drug-likeness (QED) is 0.156. The van der Waals surface area contributed by atoms with Gasteiger partial charge in [0.25, 0.3) is 0 Å². The summed E-state index contributed by atoms with van der Waals surface area (Å²) < 4.78 is 54.7. The second kappa shape index (κ2) is 24.8. The fourth-order valence-electron chi connectivity index (χ4n) is 15.4. The van der Waals surface area contributed by atoms with Crippen LogP contribution in [-0.4, -0.2) is 0 Å². The molecule has 0 saturated heterocycles. The van der Waals surface area contributed by atoms with Gasteiger partial charge in [0.2, 0.25) is 22.8 Å². The Balaban J connectivity index is 0.000000151. The highest BCUT2D eigenvalue weighted by molar-refractivity contribution is 5.67.